The Kier molecular flexibility index (Phi) is 5.53. The Labute approximate surface area is 153 Å². The van der Waals surface area contributed by atoms with Crippen LogP contribution in [-0.2, 0) is 11.3 Å². The second-order valence-electron chi connectivity index (χ2n) is 6.29. The summed E-state index contributed by atoms with van der Waals surface area (Å²) in [4.78, 5) is 19.1. The second-order valence-corrected chi connectivity index (χ2v) is 6.29. The number of aromatic nitrogens is 2. The van der Waals surface area contributed by atoms with Gasteiger partial charge in [-0.15, -0.1) is 0 Å². The number of nitrogens with one attached hydrogen (secondary N) is 1. The fourth-order valence-electron chi connectivity index (χ4n) is 2.84. The first-order valence-corrected chi connectivity index (χ1v) is 8.68. The van der Waals surface area contributed by atoms with E-state index in [1.165, 1.54) is 5.56 Å². The zero-order valence-electron chi connectivity index (χ0n) is 15.4. The molecular weight excluding hydrogens is 328 g/mol. The number of ether oxygens (including phenoxy) is 1. The number of anilines is 1. The molecule has 6 heteroatoms. The molecule has 0 atom stereocenters. The summed E-state index contributed by atoms with van der Waals surface area (Å²) in [7, 11) is 1.61. The van der Waals surface area contributed by atoms with Crippen LogP contribution in [0.3, 0.4) is 0 Å². The highest BCUT2D eigenvalue weighted by Crippen LogP contribution is 2.16. The van der Waals surface area contributed by atoms with Gasteiger partial charge >= 0.3 is 0 Å². The van der Waals surface area contributed by atoms with Crippen molar-refractivity contribution < 1.29 is 9.53 Å². The van der Waals surface area contributed by atoms with E-state index in [-0.39, 0.29) is 5.91 Å². The van der Waals surface area contributed by atoms with E-state index in [2.05, 4.69) is 28.3 Å². The van der Waals surface area contributed by atoms with E-state index in [4.69, 9.17) is 4.74 Å². The lowest BCUT2D eigenvalue weighted by atomic mass is 10.3. The highest BCUT2D eigenvalue weighted by atomic mass is 16.5. The van der Waals surface area contributed by atoms with E-state index < -0.39 is 0 Å². The fraction of sp³-hybridized carbons (Fsp3) is 0.300. The molecule has 2 heterocycles. The molecule has 1 aromatic carbocycles. The summed E-state index contributed by atoms with van der Waals surface area (Å²) in [6.45, 7) is 5.79. The van der Waals surface area contributed by atoms with Crippen LogP contribution in [0.15, 0.2) is 48.8 Å². The third kappa shape index (κ3) is 4.40. The molecule has 3 aromatic rings. The zero-order valence-corrected chi connectivity index (χ0v) is 15.4. The molecule has 0 bridgehead atoms. The number of hydrogen-bond donors (Lipinski definition) is 1. The molecule has 0 fully saturated rings. The number of nitrogens with zero attached hydrogens (tertiary/aromatic N) is 3. The van der Waals surface area contributed by atoms with Crippen molar-refractivity contribution in [2.24, 2.45) is 0 Å². The molecule has 0 saturated heterocycles. The van der Waals surface area contributed by atoms with Crippen molar-refractivity contribution >= 4 is 17.2 Å². The topological polar surface area (TPSA) is 58.9 Å². The SMILES string of the molecule is CCN(CC(=O)Nc1cccc(OC)c1)Cc1cn2cc(C)ccc2n1. The van der Waals surface area contributed by atoms with Gasteiger partial charge in [-0.05, 0) is 37.2 Å². The molecule has 136 valence electrons. The first-order chi connectivity index (χ1) is 12.6. The summed E-state index contributed by atoms with van der Waals surface area (Å²) in [5.41, 5.74) is 3.79. The van der Waals surface area contributed by atoms with E-state index in [1.54, 1.807) is 13.2 Å². The summed E-state index contributed by atoms with van der Waals surface area (Å²) in [6.07, 6.45) is 4.07. The van der Waals surface area contributed by atoms with Crippen molar-refractivity contribution in [3.05, 3.63) is 60.0 Å². The third-order valence-electron chi connectivity index (χ3n) is 4.20. The third-order valence-corrected chi connectivity index (χ3v) is 4.20. The molecule has 0 saturated carbocycles. The minimum absolute atomic E-state index is 0.0558. The summed E-state index contributed by atoms with van der Waals surface area (Å²) in [5, 5.41) is 2.92. The average Bonchev–Trinajstić information content (AvgIpc) is 3.02. The normalized spacial score (nSPS) is 11.1. The van der Waals surface area contributed by atoms with Gasteiger partial charge < -0.3 is 14.5 Å². The van der Waals surface area contributed by atoms with Crippen molar-refractivity contribution in [1.82, 2.24) is 14.3 Å². The Morgan fingerprint density at radius 1 is 1.27 bits per heavy atom. The standard InChI is InChI=1S/C20H24N4O2/c1-4-23(12-17-13-24-11-15(2)8-9-19(24)21-17)14-20(25)22-16-6-5-7-18(10-16)26-3/h5-11,13H,4,12,14H2,1-3H3,(H,22,25). The van der Waals surface area contributed by atoms with Gasteiger partial charge in [0.2, 0.25) is 5.91 Å². The molecule has 0 radical (unpaired) electrons. The first kappa shape index (κ1) is 17.9. The number of aryl methyl sites for hydroxylation is 1. The van der Waals surface area contributed by atoms with Crippen LogP contribution in [0.25, 0.3) is 5.65 Å². The molecule has 1 N–H and O–H groups in total. The maximum Gasteiger partial charge on any atom is 0.238 e. The molecule has 6 nitrogen and oxygen atoms in total. The maximum absolute atomic E-state index is 12.4. The first-order valence-electron chi connectivity index (χ1n) is 8.68. The monoisotopic (exact) mass is 352 g/mol. The average molecular weight is 352 g/mol. The zero-order chi connectivity index (χ0) is 18.5. The number of pyridine rings is 1. The lowest BCUT2D eigenvalue weighted by Crippen LogP contribution is -2.32. The number of imidazole rings is 1. The van der Waals surface area contributed by atoms with E-state index >= 15 is 0 Å². The van der Waals surface area contributed by atoms with E-state index in [1.807, 2.05) is 47.9 Å². The van der Waals surface area contributed by atoms with Crippen molar-refractivity contribution in [2.75, 3.05) is 25.5 Å². The number of benzene rings is 1. The van der Waals surface area contributed by atoms with E-state index in [0.29, 0.717) is 13.1 Å². The predicted molar refractivity (Wildman–Crippen MR) is 103 cm³/mol. The number of methoxy groups -OCH3 is 1. The summed E-state index contributed by atoms with van der Waals surface area (Å²) in [6, 6.07) is 11.4. The van der Waals surface area contributed by atoms with Gasteiger partial charge in [0.15, 0.2) is 0 Å². The smallest absolute Gasteiger partial charge is 0.238 e. The Bertz CT molecular complexity index is 904. The number of carbonyl (C=O) groups excluding carboxylic acids is 1. The van der Waals surface area contributed by atoms with Crippen LogP contribution < -0.4 is 10.1 Å². The Morgan fingerprint density at radius 3 is 2.88 bits per heavy atom. The summed E-state index contributed by atoms with van der Waals surface area (Å²) >= 11 is 0. The van der Waals surface area contributed by atoms with Crippen LogP contribution in [-0.4, -0.2) is 40.4 Å². The minimum atomic E-state index is -0.0558. The van der Waals surface area contributed by atoms with Gasteiger partial charge in [0.25, 0.3) is 0 Å². The Morgan fingerprint density at radius 2 is 2.12 bits per heavy atom. The minimum Gasteiger partial charge on any atom is -0.497 e. The van der Waals surface area contributed by atoms with Gasteiger partial charge in [-0.2, -0.15) is 0 Å². The van der Waals surface area contributed by atoms with Gasteiger partial charge in [-0.25, -0.2) is 4.98 Å². The molecule has 26 heavy (non-hydrogen) atoms. The number of carbonyl (C=O) groups is 1. The summed E-state index contributed by atoms with van der Waals surface area (Å²) < 4.78 is 7.21. The maximum atomic E-state index is 12.4. The number of fused-ring (bicyclic) bond motifs is 1. The summed E-state index contributed by atoms with van der Waals surface area (Å²) in [5.74, 6) is 0.662. The molecule has 2 aromatic heterocycles. The second kappa shape index (κ2) is 8.01. The van der Waals surface area contributed by atoms with Crippen LogP contribution in [0.4, 0.5) is 5.69 Å². The van der Waals surface area contributed by atoms with Gasteiger partial charge in [0, 0.05) is 30.7 Å². The van der Waals surface area contributed by atoms with Crippen LogP contribution in [0, 0.1) is 6.92 Å². The molecule has 0 spiro atoms. The highest BCUT2D eigenvalue weighted by Gasteiger charge is 2.12. The molecule has 1 amide bonds. The number of rotatable bonds is 7. The largest absolute Gasteiger partial charge is 0.497 e. The van der Waals surface area contributed by atoms with Gasteiger partial charge in [0.1, 0.15) is 11.4 Å². The highest BCUT2D eigenvalue weighted by molar-refractivity contribution is 5.92. The van der Waals surface area contributed by atoms with Crippen molar-refractivity contribution in [2.45, 2.75) is 20.4 Å². The molecule has 0 aliphatic carbocycles. The Balaban J connectivity index is 1.63. The van der Waals surface area contributed by atoms with Crippen LogP contribution >= 0.6 is 0 Å². The van der Waals surface area contributed by atoms with Crippen LogP contribution in [0.2, 0.25) is 0 Å². The molecule has 0 aliphatic heterocycles. The van der Waals surface area contributed by atoms with E-state index in [0.717, 1.165) is 29.3 Å². The quantitative estimate of drug-likeness (QED) is 0.710. The lowest BCUT2D eigenvalue weighted by Gasteiger charge is -2.18. The fourth-order valence-corrected chi connectivity index (χ4v) is 2.84. The molecule has 0 unspecified atom stereocenters. The van der Waals surface area contributed by atoms with Crippen molar-refractivity contribution in [1.29, 1.82) is 0 Å². The Hall–Kier alpha value is -2.86. The molecular formula is C20H24N4O2. The van der Waals surface area contributed by atoms with Gasteiger partial charge in [0.05, 0.1) is 19.3 Å². The van der Waals surface area contributed by atoms with Crippen LogP contribution in [0.1, 0.15) is 18.2 Å². The van der Waals surface area contributed by atoms with Crippen LogP contribution in [0.5, 0.6) is 5.75 Å². The van der Waals surface area contributed by atoms with Crippen molar-refractivity contribution in [3.63, 3.8) is 0 Å². The molecule has 0 aliphatic rings. The number of hydrogen-bond acceptors (Lipinski definition) is 4. The van der Waals surface area contributed by atoms with Gasteiger partial charge in [-0.1, -0.05) is 19.1 Å². The van der Waals surface area contributed by atoms with E-state index in [9.17, 15) is 4.79 Å². The lowest BCUT2D eigenvalue weighted by molar-refractivity contribution is -0.117. The predicted octanol–water partition coefficient (Wildman–Crippen LogP) is 3.11. The number of likely N-dealkylation sites (N-methyl/N-ethyl adjacent to an activating group) is 1. The van der Waals surface area contributed by atoms with Gasteiger partial charge in [-0.3, -0.25) is 9.69 Å². The number of amides is 1. The molecule has 3 rings (SSSR count). The van der Waals surface area contributed by atoms with Crippen molar-refractivity contribution in [3.8, 4) is 5.75 Å².